The number of carbonyl (C=O) groups excluding carboxylic acids is 3. The summed E-state index contributed by atoms with van der Waals surface area (Å²) in [6, 6.07) is 9.46. The lowest BCUT2D eigenvalue weighted by molar-refractivity contribution is -0.137. The molecule has 4 rings (SSSR count). The van der Waals surface area contributed by atoms with Crippen LogP contribution in [0, 0.1) is 0 Å². The standard InChI is InChI=1S/C22H19ClF3N3O3S/c23-15-4-5-17-16(11-15)27-20(31)18(33-17)12-19(30)28-6-8-29(9-7-28)21(32)13-2-1-3-14(10-13)22(24,25)26/h1-5,10-11,18H,6-9,12H2,(H,27,31). The second-order valence-corrected chi connectivity index (χ2v) is 9.37. The van der Waals surface area contributed by atoms with Gasteiger partial charge in [-0.15, -0.1) is 11.8 Å². The second-order valence-electron chi connectivity index (χ2n) is 7.69. The summed E-state index contributed by atoms with van der Waals surface area (Å²) < 4.78 is 38.8. The zero-order chi connectivity index (χ0) is 23.8. The lowest BCUT2D eigenvalue weighted by Crippen LogP contribution is -2.51. The van der Waals surface area contributed by atoms with Crippen LogP contribution in [0.2, 0.25) is 5.02 Å². The molecule has 0 aliphatic carbocycles. The molecule has 1 N–H and O–H groups in total. The number of piperazine rings is 1. The van der Waals surface area contributed by atoms with E-state index in [1.165, 1.54) is 28.8 Å². The Morgan fingerprint density at radius 2 is 1.76 bits per heavy atom. The molecule has 0 radical (unpaired) electrons. The first-order chi connectivity index (χ1) is 15.6. The molecule has 11 heteroatoms. The smallest absolute Gasteiger partial charge is 0.339 e. The normalized spacial score (nSPS) is 18.5. The number of anilines is 1. The molecule has 2 aromatic rings. The maximum atomic E-state index is 12.9. The summed E-state index contributed by atoms with van der Waals surface area (Å²) in [5.41, 5.74) is -0.309. The molecule has 0 spiro atoms. The average molecular weight is 498 g/mol. The Hall–Kier alpha value is -2.72. The van der Waals surface area contributed by atoms with Crippen molar-refractivity contribution in [2.45, 2.75) is 22.7 Å². The number of thioether (sulfide) groups is 1. The summed E-state index contributed by atoms with van der Waals surface area (Å²) in [5.74, 6) is -1.00. The van der Waals surface area contributed by atoms with Crippen molar-refractivity contribution in [2.75, 3.05) is 31.5 Å². The van der Waals surface area contributed by atoms with Crippen molar-refractivity contribution in [1.82, 2.24) is 9.80 Å². The van der Waals surface area contributed by atoms with Crippen LogP contribution in [0.25, 0.3) is 0 Å². The lowest BCUT2D eigenvalue weighted by Gasteiger charge is -2.35. The number of fused-ring (bicyclic) bond motifs is 1. The van der Waals surface area contributed by atoms with Gasteiger partial charge >= 0.3 is 6.18 Å². The predicted octanol–water partition coefficient (Wildman–Crippen LogP) is 4.15. The van der Waals surface area contributed by atoms with Gasteiger partial charge in [-0.05, 0) is 36.4 Å². The summed E-state index contributed by atoms with van der Waals surface area (Å²) in [6.45, 7) is 0.891. The van der Waals surface area contributed by atoms with Crippen molar-refractivity contribution in [3.05, 3.63) is 58.6 Å². The highest BCUT2D eigenvalue weighted by Crippen LogP contribution is 2.38. The molecule has 2 aromatic carbocycles. The van der Waals surface area contributed by atoms with Gasteiger partial charge in [0.2, 0.25) is 11.8 Å². The van der Waals surface area contributed by atoms with Crippen LogP contribution in [-0.4, -0.2) is 59.0 Å². The van der Waals surface area contributed by atoms with Crippen LogP contribution in [0.3, 0.4) is 0 Å². The number of rotatable bonds is 3. The molecule has 3 amide bonds. The Morgan fingerprint density at radius 1 is 1.06 bits per heavy atom. The number of nitrogens with zero attached hydrogens (tertiary/aromatic N) is 2. The summed E-state index contributed by atoms with van der Waals surface area (Å²) in [6.07, 6.45) is -4.53. The van der Waals surface area contributed by atoms with Gasteiger partial charge in [0.15, 0.2) is 0 Å². The van der Waals surface area contributed by atoms with Gasteiger partial charge in [-0.25, -0.2) is 0 Å². The maximum absolute atomic E-state index is 12.9. The van der Waals surface area contributed by atoms with Gasteiger partial charge in [-0.1, -0.05) is 17.7 Å². The van der Waals surface area contributed by atoms with E-state index in [-0.39, 0.29) is 50.0 Å². The average Bonchev–Trinajstić information content (AvgIpc) is 2.79. The van der Waals surface area contributed by atoms with Crippen LogP contribution in [-0.2, 0) is 15.8 Å². The predicted molar refractivity (Wildman–Crippen MR) is 118 cm³/mol. The Kier molecular flexibility index (Phi) is 6.58. The zero-order valence-electron chi connectivity index (χ0n) is 17.2. The SMILES string of the molecule is O=C1Nc2cc(Cl)ccc2SC1CC(=O)N1CCN(C(=O)c2cccc(C(F)(F)F)c2)CC1. The molecule has 1 atom stereocenters. The van der Waals surface area contributed by atoms with E-state index in [4.69, 9.17) is 11.6 Å². The maximum Gasteiger partial charge on any atom is 0.416 e. The van der Waals surface area contributed by atoms with E-state index in [0.717, 1.165) is 17.0 Å². The fraction of sp³-hybridized carbons (Fsp3) is 0.318. The monoisotopic (exact) mass is 497 g/mol. The highest BCUT2D eigenvalue weighted by atomic mass is 35.5. The molecular weight excluding hydrogens is 479 g/mol. The number of hydrogen-bond acceptors (Lipinski definition) is 4. The van der Waals surface area contributed by atoms with E-state index < -0.39 is 22.9 Å². The first-order valence-electron chi connectivity index (χ1n) is 10.1. The van der Waals surface area contributed by atoms with E-state index in [0.29, 0.717) is 10.7 Å². The molecule has 0 aromatic heterocycles. The van der Waals surface area contributed by atoms with Crippen LogP contribution >= 0.6 is 23.4 Å². The van der Waals surface area contributed by atoms with Crippen LogP contribution in [0.5, 0.6) is 0 Å². The van der Waals surface area contributed by atoms with E-state index in [1.807, 2.05) is 0 Å². The van der Waals surface area contributed by atoms with Gasteiger partial charge in [-0.3, -0.25) is 14.4 Å². The van der Waals surface area contributed by atoms with Crippen LogP contribution in [0.15, 0.2) is 47.4 Å². The highest BCUT2D eigenvalue weighted by Gasteiger charge is 2.34. The quantitative estimate of drug-likeness (QED) is 0.692. The summed E-state index contributed by atoms with van der Waals surface area (Å²) >= 11 is 7.25. The van der Waals surface area contributed by atoms with Crippen molar-refractivity contribution in [3.63, 3.8) is 0 Å². The number of benzene rings is 2. The first kappa shape index (κ1) is 23.4. The summed E-state index contributed by atoms with van der Waals surface area (Å²) in [5, 5.41) is 2.68. The van der Waals surface area contributed by atoms with E-state index >= 15 is 0 Å². The van der Waals surface area contributed by atoms with Gasteiger partial charge in [0.05, 0.1) is 16.5 Å². The molecule has 6 nitrogen and oxygen atoms in total. The fourth-order valence-corrected chi connectivity index (χ4v) is 4.97. The van der Waals surface area contributed by atoms with E-state index in [9.17, 15) is 27.6 Å². The first-order valence-corrected chi connectivity index (χ1v) is 11.4. The Bertz CT molecular complexity index is 1100. The van der Waals surface area contributed by atoms with Gasteiger partial charge in [0.25, 0.3) is 5.91 Å². The molecule has 2 aliphatic heterocycles. The van der Waals surface area contributed by atoms with Crippen molar-refractivity contribution in [1.29, 1.82) is 0 Å². The minimum atomic E-state index is -4.53. The number of halogens is 4. The lowest BCUT2D eigenvalue weighted by atomic mass is 10.1. The van der Waals surface area contributed by atoms with Gasteiger partial charge < -0.3 is 15.1 Å². The van der Waals surface area contributed by atoms with Crippen molar-refractivity contribution >= 4 is 46.8 Å². The molecule has 2 aliphatic rings. The molecule has 1 saturated heterocycles. The summed E-state index contributed by atoms with van der Waals surface area (Å²) in [7, 11) is 0. The van der Waals surface area contributed by atoms with Crippen molar-refractivity contribution < 1.29 is 27.6 Å². The molecule has 174 valence electrons. The molecule has 0 bridgehead atoms. The third kappa shape index (κ3) is 5.27. The van der Waals surface area contributed by atoms with Crippen LogP contribution in [0.4, 0.5) is 18.9 Å². The molecule has 0 saturated carbocycles. The van der Waals surface area contributed by atoms with Crippen molar-refractivity contribution in [3.8, 4) is 0 Å². The number of hydrogen-bond donors (Lipinski definition) is 1. The van der Waals surface area contributed by atoms with Crippen molar-refractivity contribution in [2.24, 2.45) is 0 Å². The van der Waals surface area contributed by atoms with Crippen LogP contribution < -0.4 is 5.32 Å². The number of amides is 3. The Labute approximate surface area is 197 Å². The molecular formula is C22H19ClF3N3O3S. The summed E-state index contributed by atoms with van der Waals surface area (Å²) in [4.78, 5) is 41.6. The molecule has 1 unspecified atom stereocenters. The van der Waals surface area contributed by atoms with Gasteiger partial charge in [0.1, 0.15) is 0 Å². The number of alkyl halides is 3. The molecule has 2 heterocycles. The minimum absolute atomic E-state index is 0.000140. The Morgan fingerprint density at radius 3 is 2.45 bits per heavy atom. The third-order valence-corrected chi connectivity index (χ3v) is 6.99. The third-order valence-electron chi connectivity index (χ3n) is 5.48. The second kappa shape index (κ2) is 9.26. The molecule has 33 heavy (non-hydrogen) atoms. The minimum Gasteiger partial charge on any atom is -0.339 e. The Balaban J connectivity index is 1.33. The largest absolute Gasteiger partial charge is 0.416 e. The topological polar surface area (TPSA) is 69.7 Å². The van der Waals surface area contributed by atoms with E-state index in [1.54, 1.807) is 23.1 Å². The fourth-order valence-electron chi connectivity index (χ4n) is 3.71. The zero-order valence-corrected chi connectivity index (χ0v) is 18.8. The highest BCUT2D eigenvalue weighted by molar-refractivity contribution is 8.01. The van der Waals surface area contributed by atoms with Gasteiger partial charge in [-0.2, -0.15) is 13.2 Å². The van der Waals surface area contributed by atoms with Crippen LogP contribution in [0.1, 0.15) is 22.3 Å². The number of carbonyl (C=O) groups is 3. The number of nitrogens with one attached hydrogen (secondary N) is 1. The molecule has 1 fully saturated rings. The van der Waals surface area contributed by atoms with E-state index in [2.05, 4.69) is 5.32 Å². The van der Waals surface area contributed by atoms with Gasteiger partial charge in [0, 0.05) is 48.1 Å².